The molecule has 0 saturated carbocycles. The summed E-state index contributed by atoms with van der Waals surface area (Å²) in [6, 6.07) is -2.63. The number of primary amides is 1. The molecule has 1 heterocycles. The Hall–Kier alpha value is -2.69. The predicted molar refractivity (Wildman–Crippen MR) is 103 cm³/mol. The molecule has 7 N–H and O–H groups in total. The van der Waals surface area contributed by atoms with Crippen LogP contribution in [0.3, 0.4) is 0 Å². The number of amides is 4. The van der Waals surface area contributed by atoms with Crippen LogP contribution in [0.25, 0.3) is 0 Å². The highest BCUT2D eigenvalue weighted by Crippen LogP contribution is 2.20. The van der Waals surface area contributed by atoms with Crippen LogP contribution in [-0.2, 0) is 24.0 Å². The Labute approximate surface area is 169 Å². The van der Waals surface area contributed by atoms with E-state index in [4.69, 9.17) is 16.6 Å². The molecule has 3 atom stereocenters. The van der Waals surface area contributed by atoms with Gasteiger partial charge in [-0.3, -0.25) is 24.0 Å². The number of hydrogen-bond acceptors (Lipinski definition) is 6. The Balaban J connectivity index is 2.78. The number of carboxylic acids is 1. The van der Waals surface area contributed by atoms with E-state index in [2.05, 4.69) is 10.6 Å². The van der Waals surface area contributed by atoms with Crippen LogP contribution in [-0.4, -0.2) is 70.8 Å². The Kier molecular flexibility index (Phi) is 9.53. The summed E-state index contributed by atoms with van der Waals surface area (Å²) < 4.78 is 0. The van der Waals surface area contributed by atoms with E-state index in [9.17, 15) is 24.0 Å². The number of nitrogens with zero attached hydrogens (tertiary/aromatic N) is 1. The fourth-order valence-electron chi connectivity index (χ4n) is 3.19. The van der Waals surface area contributed by atoms with E-state index >= 15 is 0 Å². The van der Waals surface area contributed by atoms with Crippen molar-refractivity contribution in [2.45, 2.75) is 64.1 Å². The molecule has 11 nitrogen and oxygen atoms in total. The van der Waals surface area contributed by atoms with E-state index in [-0.39, 0.29) is 18.8 Å². The number of carboxylic acid groups (broad SMARTS) is 1. The van der Waals surface area contributed by atoms with E-state index in [0.717, 1.165) is 0 Å². The van der Waals surface area contributed by atoms with Crippen molar-refractivity contribution in [1.29, 1.82) is 0 Å². The first-order chi connectivity index (χ1) is 13.5. The van der Waals surface area contributed by atoms with Gasteiger partial charge in [-0.1, -0.05) is 13.8 Å². The van der Waals surface area contributed by atoms with Crippen molar-refractivity contribution >= 4 is 29.6 Å². The molecule has 0 aliphatic carbocycles. The second-order valence-corrected chi connectivity index (χ2v) is 7.60. The van der Waals surface area contributed by atoms with Gasteiger partial charge in [-0.25, -0.2) is 0 Å². The lowest BCUT2D eigenvalue weighted by molar-refractivity contribution is -0.141. The van der Waals surface area contributed by atoms with Gasteiger partial charge in [-0.15, -0.1) is 0 Å². The fourth-order valence-corrected chi connectivity index (χ4v) is 3.19. The first kappa shape index (κ1) is 24.3. The van der Waals surface area contributed by atoms with Crippen molar-refractivity contribution in [3.8, 4) is 0 Å². The molecule has 0 aromatic carbocycles. The molecule has 0 aromatic rings. The molecular weight excluding hydrogens is 382 g/mol. The number of likely N-dealkylation sites (tertiary alicyclic amines) is 1. The number of rotatable bonds is 11. The zero-order valence-electron chi connectivity index (χ0n) is 16.8. The normalized spacial score (nSPS) is 18.2. The van der Waals surface area contributed by atoms with E-state index in [1.54, 1.807) is 0 Å². The quantitative estimate of drug-likeness (QED) is 0.267. The number of nitrogens with one attached hydrogen (secondary N) is 2. The average Bonchev–Trinajstić information content (AvgIpc) is 3.12. The molecule has 0 bridgehead atoms. The van der Waals surface area contributed by atoms with Crippen LogP contribution in [0.5, 0.6) is 0 Å². The van der Waals surface area contributed by atoms with Gasteiger partial charge in [0.25, 0.3) is 0 Å². The van der Waals surface area contributed by atoms with Crippen LogP contribution in [0, 0.1) is 5.92 Å². The maximum atomic E-state index is 12.8. The molecule has 1 rings (SSSR count). The molecule has 11 heteroatoms. The number of carbonyl (C=O) groups is 5. The Bertz CT molecular complexity index is 638. The summed E-state index contributed by atoms with van der Waals surface area (Å²) in [5.41, 5.74) is 10.9. The van der Waals surface area contributed by atoms with Crippen molar-refractivity contribution in [1.82, 2.24) is 15.5 Å². The van der Waals surface area contributed by atoms with Crippen molar-refractivity contribution in [2.24, 2.45) is 17.4 Å². The van der Waals surface area contributed by atoms with Gasteiger partial charge in [-0.2, -0.15) is 0 Å². The van der Waals surface area contributed by atoms with Gasteiger partial charge in [0.1, 0.15) is 18.6 Å². The van der Waals surface area contributed by atoms with Crippen LogP contribution in [0.15, 0.2) is 0 Å². The summed E-state index contributed by atoms with van der Waals surface area (Å²) in [6.07, 6.45) is 1.40. The molecule has 164 valence electrons. The Morgan fingerprint density at radius 3 is 2.41 bits per heavy atom. The minimum atomic E-state index is -1.19. The average molecular weight is 413 g/mol. The topological polar surface area (TPSA) is 185 Å². The molecule has 3 unspecified atom stereocenters. The summed E-state index contributed by atoms with van der Waals surface area (Å²) in [5, 5.41) is 13.6. The molecule has 29 heavy (non-hydrogen) atoms. The van der Waals surface area contributed by atoms with Gasteiger partial charge in [-0.05, 0) is 31.6 Å². The predicted octanol–water partition coefficient (Wildman–Crippen LogP) is -1.70. The molecule has 1 aliphatic rings. The van der Waals surface area contributed by atoms with Gasteiger partial charge in [0.05, 0.1) is 6.04 Å². The zero-order chi connectivity index (χ0) is 22.1. The molecule has 4 amide bonds. The smallest absolute Gasteiger partial charge is 0.322 e. The minimum Gasteiger partial charge on any atom is -0.480 e. The van der Waals surface area contributed by atoms with Gasteiger partial charge in [0.15, 0.2) is 0 Å². The molecular formula is C18H31N5O6. The number of carbonyl (C=O) groups excluding carboxylic acids is 4. The van der Waals surface area contributed by atoms with E-state index in [0.29, 0.717) is 25.8 Å². The van der Waals surface area contributed by atoms with Crippen LogP contribution in [0.1, 0.15) is 46.0 Å². The summed E-state index contributed by atoms with van der Waals surface area (Å²) in [7, 11) is 0. The number of hydrogen-bond donors (Lipinski definition) is 5. The highest BCUT2D eigenvalue weighted by Gasteiger charge is 2.37. The zero-order valence-corrected chi connectivity index (χ0v) is 16.8. The van der Waals surface area contributed by atoms with Crippen LogP contribution in [0.2, 0.25) is 0 Å². The number of nitrogens with two attached hydrogens (primary N) is 2. The van der Waals surface area contributed by atoms with Crippen molar-refractivity contribution in [3.63, 3.8) is 0 Å². The third-order valence-electron chi connectivity index (χ3n) is 4.61. The Morgan fingerprint density at radius 2 is 1.86 bits per heavy atom. The summed E-state index contributed by atoms with van der Waals surface area (Å²) in [6.45, 7) is 3.53. The van der Waals surface area contributed by atoms with Crippen LogP contribution >= 0.6 is 0 Å². The van der Waals surface area contributed by atoms with E-state index < -0.39 is 54.3 Å². The third kappa shape index (κ3) is 8.06. The van der Waals surface area contributed by atoms with Crippen LogP contribution in [0.4, 0.5) is 0 Å². The molecule has 1 aliphatic heterocycles. The number of aliphatic carboxylic acids is 1. The first-order valence-corrected chi connectivity index (χ1v) is 9.67. The SMILES string of the molecule is CC(C)CC(NC(=O)C1CCCN1C(=O)C(N)CCC(N)=O)C(=O)NCC(=O)O. The van der Waals surface area contributed by atoms with Gasteiger partial charge >= 0.3 is 5.97 Å². The lowest BCUT2D eigenvalue weighted by Gasteiger charge is -2.28. The van der Waals surface area contributed by atoms with Gasteiger partial charge in [0.2, 0.25) is 23.6 Å². The van der Waals surface area contributed by atoms with E-state index in [1.807, 2.05) is 13.8 Å². The highest BCUT2D eigenvalue weighted by molar-refractivity contribution is 5.94. The second-order valence-electron chi connectivity index (χ2n) is 7.60. The second kappa shape index (κ2) is 11.3. The fraction of sp³-hybridized carbons (Fsp3) is 0.722. The summed E-state index contributed by atoms with van der Waals surface area (Å²) in [4.78, 5) is 60.5. The summed E-state index contributed by atoms with van der Waals surface area (Å²) in [5.74, 6) is -3.21. The minimum absolute atomic E-state index is 0.0299. The van der Waals surface area contributed by atoms with Crippen molar-refractivity contribution < 1.29 is 29.1 Å². The maximum Gasteiger partial charge on any atom is 0.322 e. The molecule has 1 saturated heterocycles. The molecule has 0 spiro atoms. The molecule has 1 fully saturated rings. The lowest BCUT2D eigenvalue weighted by Crippen LogP contribution is -2.55. The standard InChI is InChI=1S/C18H31N5O6/c1-10(2)8-12(16(27)21-9-15(25)26)22-17(28)13-4-3-7-23(13)18(29)11(19)5-6-14(20)24/h10-13H,3-9,19H2,1-2H3,(H2,20,24)(H,21,27)(H,22,28)(H,25,26). The Morgan fingerprint density at radius 1 is 1.21 bits per heavy atom. The highest BCUT2D eigenvalue weighted by atomic mass is 16.4. The van der Waals surface area contributed by atoms with Gasteiger partial charge in [0, 0.05) is 13.0 Å². The third-order valence-corrected chi connectivity index (χ3v) is 4.61. The summed E-state index contributed by atoms with van der Waals surface area (Å²) >= 11 is 0. The maximum absolute atomic E-state index is 12.8. The monoisotopic (exact) mass is 413 g/mol. The van der Waals surface area contributed by atoms with Crippen LogP contribution < -0.4 is 22.1 Å². The molecule has 0 radical (unpaired) electrons. The largest absolute Gasteiger partial charge is 0.480 e. The van der Waals surface area contributed by atoms with E-state index in [1.165, 1.54) is 4.90 Å². The molecule has 0 aromatic heterocycles. The van der Waals surface area contributed by atoms with Crippen molar-refractivity contribution in [2.75, 3.05) is 13.1 Å². The van der Waals surface area contributed by atoms with Crippen molar-refractivity contribution in [3.05, 3.63) is 0 Å². The first-order valence-electron chi connectivity index (χ1n) is 9.67. The van der Waals surface area contributed by atoms with Gasteiger partial charge < -0.3 is 32.1 Å². The lowest BCUT2D eigenvalue weighted by atomic mass is 10.0.